The first-order chi connectivity index (χ1) is 11.0. The largest absolute Gasteiger partial charge is 0.382 e. The molecule has 0 spiro atoms. The van der Waals surface area contributed by atoms with Gasteiger partial charge in [0.2, 0.25) is 0 Å². The number of likely N-dealkylation sites (N-methyl/N-ethyl adjacent to an activating group) is 1. The predicted molar refractivity (Wildman–Crippen MR) is 94.2 cm³/mol. The maximum absolute atomic E-state index is 10.7. The van der Waals surface area contributed by atoms with Crippen molar-refractivity contribution in [3.63, 3.8) is 0 Å². The second kappa shape index (κ2) is 7.94. The summed E-state index contributed by atoms with van der Waals surface area (Å²) >= 11 is 6.12. The molecule has 0 aliphatic rings. The van der Waals surface area contributed by atoms with Gasteiger partial charge in [-0.1, -0.05) is 41.9 Å². The fraction of sp³-hybridized carbons (Fsp3) is 0.294. The van der Waals surface area contributed by atoms with Crippen molar-refractivity contribution in [3.8, 4) is 0 Å². The topological polar surface area (TPSA) is 58.4 Å². The van der Waals surface area contributed by atoms with Gasteiger partial charge < -0.3 is 10.2 Å². The van der Waals surface area contributed by atoms with Crippen molar-refractivity contribution in [2.75, 3.05) is 26.0 Å². The van der Waals surface area contributed by atoms with Crippen LogP contribution in [0.25, 0.3) is 0 Å². The van der Waals surface area contributed by atoms with E-state index in [9.17, 15) is 10.1 Å². The van der Waals surface area contributed by atoms with Crippen molar-refractivity contribution in [2.24, 2.45) is 0 Å². The molecule has 1 atom stereocenters. The fourth-order valence-corrected chi connectivity index (χ4v) is 2.55. The molecule has 2 aromatic rings. The van der Waals surface area contributed by atoms with E-state index in [1.54, 1.807) is 6.07 Å². The Bertz CT molecular complexity index is 662. The van der Waals surface area contributed by atoms with E-state index >= 15 is 0 Å². The second-order valence-corrected chi connectivity index (χ2v) is 6.02. The number of hydrogen-bond donors (Lipinski definition) is 1. The first kappa shape index (κ1) is 17.2. The van der Waals surface area contributed by atoms with Crippen LogP contribution in [-0.2, 0) is 6.42 Å². The van der Waals surface area contributed by atoms with Gasteiger partial charge in [-0.25, -0.2) is 0 Å². The molecule has 122 valence electrons. The molecule has 0 aliphatic heterocycles. The van der Waals surface area contributed by atoms with Crippen LogP contribution in [-0.4, -0.2) is 36.5 Å². The van der Waals surface area contributed by atoms with Crippen LogP contribution in [0, 0.1) is 10.1 Å². The first-order valence-corrected chi connectivity index (χ1v) is 7.73. The monoisotopic (exact) mass is 333 g/mol. The van der Waals surface area contributed by atoms with Gasteiger partial charge in [0.25, 0.3) is 5.69 Å². The van der Waals surface area contributed by atoms with E-state index in [4.69, 9.17) is 11.6 Å². The highest BCUT2D eigenvalue weighted by atomic mass is 35.5. The average Bonchev–Trinajstić information content (AvgIpc) is 2.53. The molecule has 2 aromatic carbocycles. The molecule has 0 saturated carbocycles. The lowest BCUT2D eigenvalue weighted by Gasteiger charge is -2.25. The SMILES string of the molecule is CN(C)C(CNc1ccc([N+](=O)[O-])cc1Cl)Cc1ccccc1. The highest BCUT2D eigenvalue weighted by molar-refractivity contribution is 6.33. The van der Waals surface area contributed by atoms with Crippen molar-refractivity contribution < 1.29 is 4.92 Å². The number of non-ortho nitro benzene ring substituents is 1. The van der Waals surface area contributed by atoms with Gasteiger partial charge >= 0.3 is 0 Å². The molecular formula is C17H20ClN3O2. The van der Waals surface area contributed by atoms with E-state index < -0.39 is 4.92 Å². The van der Waals surface area contributed by atoms with Crippen LogP contribution in [0.4, 0.5) is 11.4 Å². The zero-order valence-electron chi connectivity index (χ0n) is 13.2. The molecule has 6 heteroatoms. The fourth-order valence-electron chi connectivity index (χ4n) is 2.31. The summed E-state index contributed by atoms with van der Waals surface area (Å²) in [5.74, 6) is 0. The Balaban J connectivity index is 2.03. The van der Waals surface area contributed by atoms with Gasteiger partial charge in [0.05, 0.1) is 15.6 Å². The molecule has 0 aliphatic carbocycles. The van der Waals surface area contributed by atoms with Crippen LogP contribution >= 0.6 is 11.6 Å². The molecule has 5 nitrogen and oxygen atoms in total. The number of nitrogens with one attached hydrogen (secondary N) is 1. The van der Waals surface area contributed by atoms with Crippen molar-refractivity contribution in [3.05, 3.63) is 69.2 Å². The Hall–Kier alpha value is -2.11. The van der Waals surface area contributed by atoms with Gasteiger partial charge in [0.1, 0.15) is 0 Å². The van der Waals surface area contributed by atoms with Gasteiger partial charge in [0, 0.05) is 24.7 Å². The third kappa shape index (κ3) is 4.94. The molecule has 1 N–H and O–H groups in total. The van der Waals surface area contributed by atoms with E-state index in [1.165, 1.54) is 17.7 Å². The third-order valence-electron chi connectivity index (χ3n) is 3.74. The van der Waals surface area contributed by atoms with Crippen LogP contribution < -0.4 is 5.32 Å². The predicted octanol–water partition coefficient (Wildman–Crippen LogP) is 3.83. The summed E-state index contributed by atoms with van der Waals surface area (Å²) in [6, 6.07) is 15.0. The quantitative estimate of drug-likeness (QED) is 0.618. The van der Waals surface area contributed by atoms with Crippen LogP contribution in [0.1, 0.15) is 5.56 Å². The molecule has 0 saturated heterocycles. The Labute approximate surface area is 141 Å². The van der Waals surface area contributed by atoms with E-state index in [0.29, 0.717) is 17.3 Å². The normalized spacial score (nSPS) is 12.2. The van der Waals surface area contributed by atoms with Crippen molar-refractivity contribution in [1.29, 1.82) is 0 Å². The lowest BCUT2D eigenvalue weighted by atomic mass is 10.1. The minimum absolute atomic E-state index is 0.00556. The summed E-state index contributed by atoms with van der Waals surface area (Å²) in [4.78, 5) is 12.4. The van der Waals surface area contributed by atoms with Crippen LogP contribution in [0.15, 0.2) is 48.5 Å². The Morgan fingerprint density at radius 3 is 2.48 bits per heavy atom. The summed E-state index contributed by atoms with van der Waals surface area (Å²) in [7, 11) is 4.07. The highest BCUT2D eigenvalue weighted by Crippen LogP contribution is 2.26. The summed E-state index contributed by atoms with van der Waals surface area (Å²) in [6.07, 6.45) is 0.908. The molecule has 2 rings (SSSR count). The number of benzene rings is 2. The van der Waals surface area contributed by atoms with Crippen LogP contribution in [0.3, 0.4) is 0 Å². The van der Waals surface area contributed by atoms with Crippen LogP contribution in [0.5, 0.6) is 0 Å². The zero-order chi connectivity index (χ0) is 16.8. The van der Waals surface area contributed by atoms with Gasteiger partial charge in [0.15, 0.2) is 0 Å². The van der Waals surface area contributed by atoms with Crippen molar-refractivity contribution in [1.82, 2.24) is 4.90 Å². The van der Waals surface area contributed by atoms with Gasteiger partial charge in [-0.2, -0.15) is 0 Å². The summed E-state index contributed by atoms with van der Waals surface area (Å²) in [5, 5.41) is 14.4. The summed E-state index contributed by atoms with van der Waals surface area (Å²) in [5.41, 5.74) is 1.97. The Morgan fingerprint density at radius 1 is 1.22 bits per heavy atom. The molecule has 1 unspecified atom stereocenters. The minimum atomic E-state index is -0.451. The van der Waals surface area contributed by atoms with Crippen LogP contribution in [0.2, 0.25) is 5.02 Å². The molecule has 0 amide bonds. The number of halogens is 1. The standard InChI is InChI=1S/C17H20ClN3O2/c1-20(2)15(10-13-6-4-3-5-7-13)12-19-17-9-8-14(21(22)23)11-16(17)18/h3-9,11,15,19H,10,12H2,1-2H3. The summed E-state index contributed by atoms with van der Waals surface area (Å²) < 4.78 is 0. The molecule has 0 fully saturated rings. The second-order valence-electron chi connectivity index (χ2n) is 5.61. The molecule has 0 bridgehead atoms. The molecular weight excluding hydrogens is 314 g/mol. The van der Waals surface area contributed by atoms with E-state index in [2.05, 4.69) is 22.3 Å². The smallest absolute Gasteiger partial charge is 0.271 e. The molecule has 23 heavy (non-hydrogen) atoms. The number of nitro groups is 1. The first-order valence-electron chi connectivity index (χ1n) is 7.35. The third-order valence-corrected chi connectivity index (χ3v) is 4.05. The Morgan fingerprint density at radius 2 is 1.91 bits per heavy atom. The number of anilines is 1. The lowest BCUT2D eigenvalue weighted by molar-refractivity contribution is -0.384. The number of rotatable bonds is 7. The number of nitro benzene ring substituents is 1. The molecule has 0 radical (unpaired) electrons. The van der Waals surface area contributed by atoms with E-state index in [0.717, 1.165) is 6.42 Å². The van der Waals surface area contributed by atoms with Crippen molar-refractivity contribution in [2.45, 2.75) is 12.5 Å². The minimum Gasteiger partial charge on any atom is -0.382 e. The molecule has 0 aromatic heterocycles. The van der Waals surface area contributed by atoms with Crippen molar-refractivity contribution >= 4 is 23.0 Å². The maximum atomic E-state index is 10.7. The van der Waals surface area contributed by atoms with E-state index in [1.807, 2.05) is 32.3 Å². The number of hydrogen-bond acceptors (Lipinski definition) is 4. The Kier molecular flexibility index (Phi) is 5.96. The van der Waals surface area contributed by atoms with Gasteiger partial charge in [-0.15, -0.1) is 0 Å². The van der Waals surface area contributed by atoms with Gasteiger partial charge in [-0.05, 0) is 32.1 Å². The van der Waals surface area contributed by atoms with E-state index in [-0.39, 0.29) is 11.7 Å². The van der Waals surface area contributed by atoms with Gasteiger partial charge in [-0.3, -0.25) is 10.1 Å². The highest BCUT2D eigenvalue weighted by Gasteiger charge is 2.14. The number of nitrogens with zero attached hydrogens (tertiary/aromatic N) is 2. The summed E-state index contributed by atoms with van der Waals surface area (Å²) in [6.45, 7) is 0.694. The average molecular weight is 334 g/mol. The lowest BCUT2D eigenvalue weighted by Crippen LogP contribution is -2.36. The molecule has 0 heterocycles. The zero-order valence-corrected chi connectivity index (χ0v) is 14.0. The maximum Gasteiger partial charge on any atom is 0.271 e.